The van der Waals surface area contributed by atoms with Gasteiger partial charge in [0.1, 0.15) is 0 Å². The van der Waals surface area contributed by atoms with Crippen LogP contribution in [0.5, 0.6) is 0 Å². The van der Waals surface area contributed by atoms with Gasteiger partial charge in [0, 0.05) is 12.0 Å². The second-order valence-electron chi connectivity index (χ2n) is 4.55. The average molecular weight is 222 g/mol. The molecule has 0 unspecified atom stereocenters. The molecule has 17 heavy (non-hydrogen) atoms. The second-order valence-corrected chi connectivity index (χ2v) is 4.55. The van der Waals surface area contributed by atoms with Crippen molar-refractivity contribution in [2.75, 3.05) is 0 Å². The van der Waals surface area contributed by atoms with Crippen molar-refractivity contribution in [3.63, 3.8) is 0 Å². The van der Waals surface area contributed by atoms with E-state index in [0.717, 1.165) is 12.8 Å². The Morgan fingerprint density at radius 3 is 2.71 bits per heavy atom. The van der Waals surface area contributed by atoms with E-state index in [-0.39, 0.29) is 0 Å². The van der Waals surface area contributed by atoms with Crippen molar-refractivity contribution in [3.8, 4) is 0 Å². The van der Waals surface area contributed by atoms with Gasteiger partial charge in [-0.05, 0) is 42.5 Å². The highest BCUT2D eigenvalue weighted by atomic mass is 14.1. The van der Waals surface area contributed by atoms with E-state index in [4.69, 9.17) is 0 Å². The molecule has 0 saturated heterocycles. The number of benzene rings is 1. The smallest absolute Gasteiger partial charge is 0.00537 e. The molecule has 1 aromatic carbocycles. The van der Waals surface area contributed by atoms with E-state index in [1.54, 1.807) is 0 Å². The Hall–Kier alpha value is -1.78. The Bertz CT molecular complexity index is 535. The minimum absolute atomic E-state index is 0.917. The molecule has 0 radical (unpaired) electrons. The maximum atomic E-state index is 3.80. The molecule has 1 aliphatic rings. The number of hydrogen-bond donors (Lipinski definition) is 0. The van der Waals surface area contributed by atoms with Crippen molar-refractivity contribution in [2.45, 2.75) is 26.7 Å². The average Bonchev–Trinajstić information content (AvgIpc) is 2.84. The summed E-state index contributed by atoms with van der Waals surface area (Å²) >= 11 is 0. The van der Waals surface area contributed by atoms with E-state index in [1.165, 1.54) is 27.8 Å². The van der Waals surface area contributed by atoms with Gasteiger partial charge in [0.05, 0.1) is 0 Å². The highest BCUT2D eigenvalue weighted by Gasteiger charge is 2.06. The second kappa shape index (κ2) is 5.03. The van der Waals surface area contributed by atoms with Gasteiger partial charge < -0.3 is 0 Å². The maximum Gasteiger partial charge on any atom is 0.00537 e. The first-order valence-electron chi connectivity index (χ1n) is 6.03. The summed E-state index contributed by atoms with van der Waals surface area (Å²) in [4.78, 5) is 0. The Morgan fingerprint density at radius 1 is 1.29 bits per heavy atom. The van der Waals surface area contributed by atoms with Crippen LogP contribution in [0.4, 0.5) is 0 Å². The van der Waals surface area contributed by atoms with E-state index >= 15 is 0 Å². The SMILES string of the molecule is C=C=C(Cc1ccc(C)c(C)c1)C1=CCC=C1. The molecule has 0 amide bonds. The highest BCUT2D eigenvalue weighted by molar-refractivity contribution is 5.46. The summed E-state index contributed by atoms with van der Waals surface area (Å²) in [6, 6.07) is 6.63. The van der Waals surface area contributed by atoms with Crippen LogP contribution in [0, 0.1) is 13.8 Å². The standard InChI is InChI=1S/C17H18/c1-4-16(17-7-5-6-8-17)12-15-10-9-13(2)14(3)11-15/h5,7-11H,1,6,12H2,2-3H3. The first-order chi connectivity index (χ1) is 8.20. The summed E-state index contributed by atoms with van der Waals surface area (Å²) in [5, 5.41) is 0. The Kier molecular flexibility index (Phi) is 3.46. The summed E-state index contributed by atoms with van der Waals surface area (Å²) in [6.07, 6.45) is 8.52. The monoisotopic (exact) mass is 222 g/mol. The maximum absolute atomic E-state index is 3.80. The zero-order chi connectivity index (χ0) is 12.3. The van der Waals surface area contributed by atoms with Gasteiger partial charge in [-0.1, -0.05) is 43.0 Å². The molecule has 86 valence electrons. The fourth-order valence-corrected chi connectivity index (χ4v) is 2.07. The number of allylic oxidation sites excluding steroid dienone is 5. The lowest BCUT2D eigenvalue weighted by Gasteiger charge is -2.07. The van der Waals surface area contributed by atoms with Crippen LogP contribution in [0.2, 0.25) is 0 Å². The molecule has 0 heteroatoms. The molecule has 0 atom stereocenters. The van der Waals surface area contributed by atoms with Gasteiger partial charge in [0.25, 0.3) is 0 Å². The van der Waals surface area contributed by atoms with Gasteiger partial charge in [-0.2, -0.15) is 0 Å². The number of hydrogen-bond acceptors (Lipinski definition) is 0. The van der Waals surface area contributed by atoms with Crippen molar-refractivity contribution in [3.05, 3.63) is 76.6 Å². The summed E-state index contributed by atoms with van der Waals surface area (Å²) < 4.78 is 0. The molecular formula is C17H18. The van der Waals surface area contributed by atoms with E-state index in [2.05, 4.69) is 62.6 Å². The van der Waals surface area contributed by atoms with Crippen molar-refractivity contribution < 1.29 is 0 Å². The minimum atomic E-state index is 0.917. The van der Waals surface area contributed by atoms with Crippen LogP contribution in [-0.4, -0.2) is 0 Å². The zero-order valence-corrected chi connectivity index (χ0v) is 10.6. The number of rotatable bonds is 3. The van der Waals surface area contributed by atoms with E-state index in [1.807, 2.05) is 0 Å². The van der Waals surface area contributed by atoms with Crippen LogP contribution in [0.1, 0.15) is 23.1 Å². The Labute approximate surface area is 104 Å². The van der Waals surface area contributed by atoms with Crippen LogP contribution in [-0.2, 0) is 6.42 Å². The van der Waals surface area contributed by atoms with E-state index < -0.39 is 0 Å². The van der Waals surface area contributed by atoms with E-state index in [0.29, 0.717) is 0 Å². The molecule has 0 N–H and O–H groups in total. The molecule has 1 aromatic rings. The van der Waals surface area contributed by atoms with Gasteiger partial charge in [-0.3, -0.25) is 0 Å². The Balaban J connectivity index is 2.22. The Morgan fingerprint density at radius 2 is 2.12 bits per heavy atom. The van der Waals surface area contributed by atoms with Crippen molar-refractivity contribution in [1.29, 1.82) is 0 Å². The zero-order valence-electron chi connectivity index (χ0n) is 10.6. The molecule has 2 rings (SSSR count). The fraction of sp³-hybridized carbons (Fsp3) is 0.235. The van der Waals surface area contributed by atoms with Crippen molar-refractivity contribution in [2.24, 2.45) is 0 Å². The molecule has 0 aromatic heterocycles. The largest absolute Gasteiger partial charge is 0.124 e. The predicted molar refractivity (Wildman–Crippen MR) is 74.1 cm³/mol. The molecule has 0 spiro atoms. The highest BCUT2D eigenvalue weighted by Crippen LogP contribution is 2.22. The first kappa shape index (κ1) is 11.7. The van der Waals surface area contributed by atoms with Crippen LogP contribution in [0.15, 0.2) is 59.9 Å². The third-order valence-corrected chi connectivity index (χ3v) is 3.29. The van der Waals surface area contributed by atoms with E-state index in [9.17, 15) is 0 Å². The molecule has 0 bridgehead atoms. The minimum Gasteiger partial charge on any atom is -0.124 e. The normalized spacial score (nSPS) is 13.4. The van der Waals surface area contributed by atoms with Crippen LogP contribution >= 0.6 is 0 Å². The van der Waals surface area contributed by atoms with Gasteiger partial charge in [-0.25, -0.2) is 0 Å². The van der Waals surface area contributed by atoms with Gasteiger partial charge in [0.15, 0.2) is 0 Å². The van der Waals surface area contributed by atoms with Crippen LogP contribution in [0.3, 0.4) is 0 Å². The topological polar surface area (TPSA) is 0 Å². The summed E-state index contributed by atoms with van der Waals surface area (Å²) in [5.74, 6) is 0. The lowest BCUT2D eigenvalue weighted by Crippen LogP contribution is -1.93. The van der Waals surface area contributed by atoms with Crippen molar-refractivity contribution in [1.82, 2.24) is 0 Å². The molecule has 1 aliphatic carbocycles. The summed E-state index contributed by atoms with van der Waals surface area (Å²) in [6.45, 7) is 8.11. The quantitative estimate of drug-likeness (QED) is 0.663. The van der Waals surface area contributed by atoms with Crippen LogP contribution in [0.25, 0.3) is 0 Å². The predicted octanol–water partition coefficient (Wildman–Crippen LogP) is 4.44. The molecule has 0 nitrogen and oxygen atoms in total. The third-order valence-electron chi connectivity index (χ3n) is 3.29. The summed E-state index contributed by atoms with van der Waals surface area (Å²) in [7, 11) is 0. The third kappa shape index (κ3) is 2.67. The van der Waals surface area contributed by atoms with Crippen LogP contribution < -0.4 is 0 Å². The first-order valence-corrected chi connectivity index (χ1v) is 6.03. The van der Waals surface area contributed by atoms with Gasteiger partial charge in [-0.15, -0.1) is 5.73 Å². The number of aryl methyl sites for hydroxylation is 2. The van der Waals surface area contributed by atoms with Gasteiger partial charge >= 0.3 is 0 Å². The van der Waals surface area contributed by atoms with Gasteiger partial charge in [0.2, 0.25) is 0 Å². The lowest BCUT2D eigenvalue weighted by atomic mass is 9.97. The fourth-order valence-electron chi connectivity index (χ4n) is 2.07. The van der Waals surface area contributed by atoms with Crippen molar-refractivity contribution >= 4 is 0 Å². The molecule has 0 saturated carbocycles. The molecule has 0 fully saturated rings. The molecule has 0 aliphatic heterocycles. The molecule has 0 heterocycles. The summed E-state index contributed by atoms with van der Waals surface area (Å²) in [5.41, 5.74) is 9.57. The lowest BCUT2D eigenvalue weighted by molar-refractivity contribution is 1.15. The molecular weight excluding hydrogens is 204 g/mol.